The summed E-state index contributed by atoms with van der Waals surface area (Å²) in [5.74, 6) is 0.677. The van der Waals surface area contributed by atoms with Crippen LogP contribution >= 0.6 is 0 Å². The average molecular weight is 349 g/mol. The number of carbonyl (C=O) groups is 1. The molecule has 5 nitrogen and oxygen atoms in total. The molecule has 0 N–H and O–H groups in total. The van der Waals surface area contributed by atoms with Crippen LogP contribution in [0.25, 0.3) is 0 Å². The summed E-state index contributed by atoms with van der Waals surface area (Å²) < 4.78 is 30.3. The van der Waals surface area contributed by atoms with E-state index in [0.717, 1.165) is 31.2 Å². The van der Waals surface area contributed by atoms with Crippen molar-refractivity contribution in [1.82, 2.24) is 4.90 Å². The van der Waals surface area contributed by atoms with Gasteiger partial charge in [0.05, 0.1) is 22.7 Å². The monoisotopic (exact) mass is 349 g/mol. The fourth-order valence-corrected chi connectivity index (χ4v) is 6.52. The van der Waals surface area contributed by atoms with E-state index in [1.165, 1.54) is 0 Å². The molecule has 3 aliphatic rings. The van der Waals surface area contributed by atoms with Gasteiger partial charge >= 0.3 is 0 Å². The summed E-state index contributed by atoms with van der Waals surface area (Å²) in [4.78, 5) is 14.8. The molecule has 130 valence electrons. The first-order valence-electron chi connectivity index (χ1n) is 8.79. The fourth-order valence-electron chi connectivity index (χ4n) is 4.36. The summed E-state index contributed by atoms with van der Waals surface area (Å²) in [7, 11) is -3.13. The number of sulfone groups is 1. The molecule has 2 fully saturated rings. The van der Waals surface area contributed by atoms with E-state index in [1.54, 1.807) is 11.0 Å². The minimum absolute atomic E-state index is 0.0780. The predicted molar refractivity (Wildman–Crippen MR) is 91.1 cm³/mol. The van der Waals surface area contributed by atoms with E-state index < -0.39 is 14.6 Å². The molecule has 0 unspecified atom stereocenters. The van der Waals surface area contributed by atoms with Crippen LogP contribution in [0, 0.1) is 0 Å². The zero-order valence-electron chi connectivity index (χ0n) is 13.8. The van der Waals surface area contributed by atoms with Crippen LogP contribution in [0.5, 0.6) is 5.75 Å². The van der Waals surface area contributed by atoms with Gasteiger partial charge in [0.2, 0.25) is 0 Å². The van der Waals surface area contributed by atoms with Crippen LogP contribution in [-0.2, 0) is 16.3 Å². The van der Waals surface area contributed by atoms with Crippen molar-refractivity contribution in [2.24, 2.45) is 0 Å². The topological polar surface area (TPSA) is 63.7 Å². The first-order valence-corrected chi connectivity index (χ1v) is 10.4. The smallest absolute Gasteiger partial charge is 0.257 e. The second kappa shape index (κ2) is 5.76. The lowest BCUT2D eigenvalue weighted by molar-refractivity contribution is 0.0720. The van der Waals surface area contributed by atoms with Gasteiger partial charge in [-0.25, -0.2) is 8.42 Å². The first kappa shape index (κ1) is 15.9. The van der Waals surface area contributed by atoms with Crippen LogP contribution in [0.3, 0.4) is 0 Å². The van der Waals surface area contributed by atoms with E-state index in [0.29, 0.717) is 37.3 Å². The SMILES string of the molecule is O=C(c1cccc2c1OCC2)N1CCS(=O)(=O)C2(CCCCC2)C1. The standard InChI is InChI=1S/C18H23NO4S/c20-17(15-6-4-5-14-7-11-23-16(14)15)19-10-12-24(21,22)18(13-19)8-2-1-3-9-18/h4-6H,1-3,7-13H2. The molecule has 0 atom stereocenters. The van der Waals surface area contributed by atoms with Gasteiger partial charge in [-0.15, -0.1) is 0 Å². The third-order valence-electron chi connectivity index (χ3n) is 5.77. The Morgan fingerprint density at radius 3 is 2.75 bits per heavy atom. The Bertz CT molecular complexity index is 765. The summed E-state index contributed by atoms with van der Waals surface area (Å²) >= 11 is 0. The van der Waals surface area contributed by atoms with Crippen molar-refractivity contribution in [3.63, 3.8) is 0 Å². The van der Waals surface area contributed by atoms with Gasteiger partial charge in [-0.05, 0) is 24.5 Å². The molecule has 1 saturated carbocycles. The molecule has 1 aromatic rings. The Kier molecular flexibility index (Phi) is 3.82. The van der Waals surface area contributed by atoms with Gasteiger partial charge in [-0.1, -0.05) is 31.4 Å². The van der Waals surface area contributed by atoms with Gasteiger partial charge in [0, 0.05) is 19.5 Å². The van der Waals surface area contributed by atoms with Crippen molar-refractivity contribution >= 4 is 15.7 Å². The molecule has 2 aliphatic heterocycles. The number of hydrogen-bond acceptors (Lipinski definition) is 4. The molecule has 1 spiro atoms. The third-order valence-corrected chi connectivity index (χ3v) is 8.34. The Morgan fingerprint density at radius 2 is 1.96 bits per heavy atom. The summed E-state index contributed by atoms with van der Waals surface area (Å²) in [6, 6.07) is 5.67. The van der Waals surface area contributed by atoms with Crippen LogP contribution in [0.4, 0.5) is 0 Å². The maximum Gasteiger partial charge on any atom is 0.257 e. The van der Waals surface area contributed by atoms with E-state index in [4.69, 9.17) is 4.74 Å². The van der Waals surface area contributed by atoms with Crippen molar-refractivity contribution < 1.29 is 17.9 Å². The lowest BCUT2D eigenvalue weighted by Crippen LogP contribution is -2.58. The van der Waals surface area contributed by atoms with Gasteiger partial charge in [-0.3, -0.25) is 4.79 Å². The summed E-state index contributed by atoms with van der Waals surface area (Å²) in [6.07, 6.45) is 5.15. The molecule has 4 rings (SSSR count). The number of benzene rings is 1. The maximum absolute atomic E-state index is 13.0. The molecule has 1 aromatic carbocycles. The van der Waals surface area contributed by atoms with E-state index in [9.17, 15) is 13.2 Å². The largest absolute Gasteiger partial charge is 0.492 e. The van der Waals surface area contributed by atoms with Crippen LogP contribution in [-0.4, -0.2) is 49.4 Å². The van der Waals surface area contributed by atoms with Gasteiger partial charge in [0.1, 0.15) is 5.75 Å². The molecule has 1 saturated heterocycles. The Hall–Kier alpha value is -1.56. The quantitative estimate of drug-likeness (QED) is 0.780. The Labute approximate surface area is 142 Å². The van der Waals surface area contributed by atoms with E-state index in [2.05, 4.69) is 0 Å². The highest BCUT2D eigenvalue weighted by molar-refractivity contribution is 7.92. The number of fused-ring (bicyclic) bond motifs is 1. The molecular weight excluding hydrogens is 326 g/mol. The zero-order chi connectivity index (χ0) is 16.8. The number of hydrogen-bond donors (Lipinski definition) is 0. The average Bonchev–Trinajstić information content (AvgIpc) is 3.06. The van der Waals surface area contributed by atoms with Crippen molar-refractivity contribution in [1.29, 1.82) is 0 Å². The lowest BCUT2D eigenvalue weighted by atomic mass is 9.87. The van der Waals surface area contributed by atoms with E-state index in [-0.39, 0.29) is 18.2 Å². The molecule has 1 aliphatic carbocycles. The van der Waals surface area contributed by atoms with Crippen molar-refractivity contribution in [3.8, 4) is 5.75 Å². The van der Waals surface area contributed by atoms with Gasteiger partial charge in [-0.2, -0.15) is 0 Å². The summed E-state index contributed by atoms with van der Waals surface area (Å²) in [6.45, 7) is 1.22. The van der Waals surface area contributed by atoms with E-state index in [1.807, 2.05) is 12.1 Å². The van der Waals surface area contributed by atoms with Crippen LogP contribution < -0.4 is 4.74 Å². The Morgan fingerprint density at radius 1 is 1.17 bits per heavy atom. The molecule has 6 heteroatoms. The highest BCUT2D eigenvalue weighted by Crippen LogP contribution is 2.39. The second-order valence-electron chi connectivity index (χ2n) is 7.18. The predicted octanol–water partition coefficient (Wildman–Crippen LogP) is 2.20. The van der Waals surface area contributed by atoms with Crippen LogP contribution in [0.15, 0.2) is 18.2 Å². The number of carbonyl (C=O) groups excluding carboxylic acids is 1. The van der Waals surface area contributed by atoms with E-state index >= 15 is 0 Å². The van der Waals surface area contributed by atoms with Gasteiger partial charge < -0.3 is 9.64 Å². The number of rotatable bonds is 1. The second-order valence-corrected chi connectivity index (χ2v) is 9.69. The van der Waals surface area contributed by atoms with Crippen molar-refractivity contribution in [3.05, 3.63) is 29.3 Å². The lowest BCUT2D eigenvalue weighted by Gasteiger charge is -2.44. The van der Waals surface area contributed by atoms with Crippen molar-refractivity contribution in [2.75, 3.05) is 25.4 Å². The minimum Gasteiger partial charge on any atom is -0.492 e. The molecule has 2 heterocycles. The minimum atomic E-state index is -3.13. The third kappa shape index (κ3) is 2.42. The number of para-hydroxylation sites is 1. The number of nitrogens with zero attached hydrogens (tertiary/aromatic N) is 1. The maximum atomic E-state index is 13.0. The fraction of sp³-hybridized carbons (Fsp3) is 0.611. The highest BCUT2D eigenvalue weighted by atomic mass is 32.2. The molecule has 1 amide bonds. The van der Waals surface area contributed by atoms with Gasteiger partial charge in [0.25, 0.3) is 5.91 Å². The first-order chi connectivity index (χ1) is 11.5. The van der Waals surface area contributed by atoms with Gasteiger partial charge in [0.15, 0.2) is 9.84 Å². The molecule has 0 bridgehead atoms. The number of ether oxygens (including phenoxy) is 1. The Balaban J connectivity index is 1.63. The zero-order valence-corrected chi connectivity index (χ0v) is 14.6. The van der Waals surface area contributed by atoms with Crippen molar-refractivity contribution in [2.45, 2.75) is 43.3 Å². The summed E-state index contributed by atoms with van der Waals surface area (Å²) in [5, 5.41) is 0. The molecule has 24 heavy (non-hydrogen) atoms. The molecular formula is C18H23NO4S. The molecule has 0 aromatic heterocycles. The normalized spacial score (nSPS) is 24.4. The number of amides is 1. The summed E-state index contributed by atoms with van der Waals surface area (Å²) in [5.41, 5.74) is 1.65. The molecule has 0 radical (unpaired) electrons. The highest BCUT2D eigenvalue weighted by Gasteiger charge is 2.49. The van der Waals surface area contributed by atoms with Crippen LogP contribution in [0.2, 0.25) is 0 Å². The van der Waals surface area contributed by atoms with Crippen LogP contribution in [0.1, 0.15) is 48.0 Å².